The van der Waals surface area contributed by atoms with Gasteiger partial charge in [0.05, 0.1) is 18.8 Å². The van der Waals surface area contributed by atoms with Crippen molar-refractivity contribution in [1.82, 2.24) is 0 Å². The minimum atomic E-state index is -0.376. The Hall–Kier alpha value is -2.49. The second-order valence-corrected chi connectivity index (χ2v) is 9.92. The first-order valence-corrected chi connectivity index (χ1v) is 14.3. The summed E-state index contributed by atoms with van der Waals surface area (Å²) in [5.41, 5.74) is 0.506. The number of benzene rings is 2. The highest BCUT2D eigenvalue weighted by atomic mass is 16.5. The van der Waals surface area contributed by atoms with Gasteiger partial charge in [-0.3, -0.25) is 0 Å². The Morgan fingerprint density at radius 1 is 0.639 bits per heavy atom. The molecule has 0 aliphatic carbocycles. The summed E-state index contributed by atoms with van der Waals surface area (Å²) in [5.74, 6) is 2.45. The maximum absolute atomic E-state index is 12.5. The lowest BCUT2D eigenvalue weighted by Gasteiger charge is -2.10. The number of rotatable bonds is 20. The average molecular weight is 497 g/mol. The molecule has 1 unspecified atom stereocenters. The Balaban J connectivity index is 1.59. The van der Waals surface area contributed by atoms with Crippen LogP contribution in [-0.4, -0.2) is 19.2 Å². The highest BCUT2D eigenvalue weighted by Crippen LogP contribution is 2.21. The van der Waals surface area contributed by atoms with E-state index in [9.17, 15) is 4.79 Å². The zero-order valence-electron chi connectivity index (χ0n) is 22.9. The molecular formula is C32H48O4. The van der Waals surface area contributed by atoms with Gasteiger partial charge in [-0.15, -0.1) is 0 Å². The van der Waals surface area contributed by atoms with E-state index < -0.39 is 0 Å². The largest absolute Gasteiger partial charge is 0.494 e. The van der Waals surface area contributed by atoms with Crippen LogP contribution in [-0.2, 0) is 0 Å². The predicted molar refractivity (Wildman–Crippen MR) is 149 cm³/mol. The number of hydrogen-bond donors (Lipinski definition) is 0. The molecule has 4 heteroatoms. The van der Waals surface area contributed by atoms with Crippen molar-refractivity contribution in [3.63, 3.8) is 0 Å². The van der Waals surface area contributed by atoms with Crippen LogP contribution in [0, 0.1) is 5.92 Å². The average Bonchev–Trinajstić information content (AvgIpc) is 2.90. The molecular weight excluding hydrogens is 448 g/mol. The molecule has 1 atom stereocenters. The monoisotopic (exact) mass is 496 g/mol. The van der Waals surface area contributed by atoms with Gasteiger partial charge in [0, 0.05) is 0 Å². The molecule has 0 heterocycles. The summed E-state index contributed by atoms with van der Waals surface area (Å²) in [5, 5.41) is 0. The zero-order chi connectivity index (χ0) is 25.8. The number of ether oxygens (including phenoxy) is 3. The van der Waals surface area contributed by atoms with Gasteiger partial charge >= 0.3 is 5.97 Å². The Morgan fingerprint density at radius 3 is 1.67 bits per heavy atom. The minimum Gasteiger partial charge on any atom is -0.494 e. The second kappa shape index (κ2) is 18.7. The van der Waals surface area contributed by atoms with Crippen LogP contribution in [0.25, 0.3) is 0 Å². The van der Waals surface area contributed by atoms with Crippen molar-refractivity contribution in [3.8, 4) is 17.2 Å². The molecule has 0 bridgehead atoms. The molecule has 0 amide bonds. The fourth-order valence-electron chi connectivity index (χ4n) is 4.06. The van der Waals surface area contributed by atoms with Gasteiger partial charge < -0.3 is 14.2 Å². The summed E-state index contributed by atoms with van der Waals surface area (Å²) >= 11 is 0. The highest BCUT2D eigenvalue weighted by Gasteiger charge is 2.09. The van der Waals surface area contributed by atoms with Gasteiger partial charge in [-0.25, -0.2) is 4.79 Å². The van der Waals surface area contributed by atoms with E-state index >= 15 is 0 Å². The fraction of sp³-hybridized carbons (Fsp3) is 0.594. The van der Waals surface area contributed by atoms with Gasteiger partial charge in [-0.05, 0) is 73.7 Å². The van der Waals surface area contributed by atoms with Gasteiger partial charge in [-0.1, -0.05) is 85.0 Å². The molecule has 4 nitrogen and oxygen atoms in total. The predicted octanol–water partition coefficient (Wildman–Crippen LogP) is 9.41. The van der Waals surface area contributed by atoms with Gasteiger partial charge in [-0.2, -0.15) is 0 Å². The topological polar surface area (TPSA) is 44.8 Å². The maximum atomic E-state index is 12.5. The van der Waals surface area contributed by atoms with E-state index in [0.29, 0.717) is 24.5 Å². The lowest BCUT2D eigenvalue weighted by atomic mass is 10.0. The lowest BCUT2D eigenvalue weighted by molar-refractivity contribution is 0.0734. The van der Waals surface area contributed by atoms with Crippen molar-refractivity contribution < 1.29 is 19.0 Å². The SMILES string of the molecule is CCCCCCCCCCCCOc1ccc(C(=O)Oc2ccc(OCCCC(C)CC)cc2)cc1. The van der Waals surface area contributed by atoms with Crippen LogP contribution >= 0.6 is 0 Å². The van der Waals surface area contributed by atoms with Crippen molar-refractivity contribution >= 4 is 5.97 Å². The number of carbonyl (C=O) groups excluding carboxylic acids is 1. The number of hydrogen-bond acceptors (Lipinski definition) is 4. The van der Waals surface area contributed by atoms with E-state index in [2.05, 4.69) is 20.8 Å². The summed E-state index contributed by atoms with van der Waals surface area (Å²) in [6.45, 7) is 8.16. The first kappa shape index (κ1) is 29.7. The standard InChI is InChI=1S/C32H48O4/c1-4-6-7-8-9-10-11-12-13-14-25-34-29-19-17-28(18-20-29)32(33)36-31-23-21-30(22-24-31)35-26-15-16-27(3)5-2/h17-24,27H,4-16,25-26H2,1-3H3. The third-order valence-corrected chi connectivity index (χ3v) is 6.70. The number of esters is 1. The molecule has 0 aliphatic heterocycles. The molecule has 0 fully saturated rings. The Labute approximate surface area is 219 Å². The third kappa shape index (κ3) is 13.0. The molecule has 0 saturated heterocycles. The molecule has 2 aromatic rings. The van der Waals surface area contributed by atoms with E-state index in [1.807, 2.05) is 24.3 Å². The molecule has 0 aliphatic rings. The second-order valence-electron chi connectivity index (χ2n) is 9.92. The highest BCUT2D eigenvalue weighted by molar-refractivity contribution is 5.91. The Kier molecular flexibility index (Phi) is 15.5. The molecule has 2 aromatic carbocycles. The van der Waals surface area contributed by atoms with E-state index in [-0.39, 0.29) is 5.97 Å². The zero-order valence-corrected chi connectivity index (χ0v) is 22.9. The smallest absolute Gasteiger partial charge is 0.343 e. The van der Waals surface area contributed by atoms with E-state index in [0.717, 1.165) is 30.3 Å². The Bertz CT molecular complexity index is 813. The molecule has 0 N–H and O–H groups in total. The van der Waals surface area contributed by atoms with Crippen molar-refractivity contribution in [3.05, 3.63) is 54.1 Å². The normalized spacial score (nSPS) is 11.8. The molecule has 2 rings (SSSR count). The van der Waals surface area contributed by atoms with Crippen LogP contribution in [0.4, 0.5) is 0 Å². The molecule has 0 saturated carbocycles. The van der Waals surface area contributed by atoms with Crippen LogP contribution in [0.2, 0.25) is 0 Å². The quantitative estimate of drug-likeness (QED) is 0.104. The molecule has 36 heavy (non-hydrogen) atoms. The minimum absolute atomic E-state index is 0.376. The van der Waals surface area contributed by atoms with E-state index in [1.54, 1.807) is 24.3 Å². The van der Waals surface area contributed by atoms with Crippen molar-refractivity contribution in [1.29, 1.82) is 0 Å². The first-order valence-electron chi connectivity index (χ1n) is 14.3. The van der Waals surface area contributed by atoms with Crippen LogP contribution in [0.15, 0.2) is 48.5 Å². The maximum Gasteiger partial charge on any atom is 0.343 e. The number of carbonyl (C=O) groups is 1. The van der Waals surface area contributed by atoms with Crippen molar-refractivity contribution in [2.24, 2.45) is 5.92 Å². The van der Waals surface area contributed by atoms with Crippen LogP contribution in [0.1, 0.15) is 115 Å². The van der Waals surface area contributed by atoms with E-state index in [1.165, 1.54) is 70.6 Å². The summed E-state index contributed by atoms with van der Waals surface area (Å²) in [7, 11) is 0. The number of unbranched alkanes of at least 4 members (excludes halogenated alkanes) is 9. The van der Waals surface area contributed by atoms with Crippen LogP contribution in [0.5, 0.6) is 17.2 Å². The summed E-state index contributed by atoms with van der Waals surface area (Å²) in [6.07, 6.45) is 16.5. The molecule has 0 spiro atoms. The molecule has 0 aromatic heterocycles. The summed E-state index contributed by atoms with van der Waals surface area (Å²) in [4.78, 5) is 12.5. The summed E-state index contributed by atoms with van der Waals surface area (Å²) in [6, 6.07) is 14.4. The molecule has 200 valence electrons. The fourth-order valence-corrected chi connectivity index (χ4v) is 4.06. The van der Waals surface area contributed by atoms with Crippen molar-refractivity contribution in [2.45, 2.75) is 104 Å². The van der Waals surface area contributed by atoms with Crippen LogP contribution < -0.4 is 14.2 Å². The third-order valence-electron chi connectivity index (χ3n) is 6.70. The van der Waals surface area contributed by atoms with Gasteiger partial charge in [0.2, 0.25) is 0 Å². The van der Waals surface area contributed by atoms with Gasteiger partial charge in [0.1, 0.15) is 17.2 Å². The first-order chi connectivity index (χ1) is 17.6. The van der Waals surface area contributed by atoms with Crippen molar-refractivity contribution in [2.75, 3.05) is 13.2 Å². The summed E-state index contributed by atoms with van der Waals surface area (Å²) < 4.78 is 17.1. The lowest BCUT2D eigenvalue weighted by Crippen LogP contribution is -2.08. The van der Waals surface area contributed by atoms with Gasteiger partial charge in [0.25, 0.3) is 0 Å². The van der Waals surface area contributed by atoms with Crippen LogP contribution in [0.3, 0.4) is 0 Å². The molecule has 0 radical (unpaired) electrons. The van der Waals surface area contributed by atoms with E-state index in [4.69, 9.17) is 14.2 Å². The Morgan fingerprint density at radius 2 is 1.11 bits per heavy atom. The van der Waals surface area contributed by atoms with Gasteiger partial charge in [0.15, 0.2) is 0 Å².